The molecule has 1 saturated carbocycles. The van der Waals surface area contributed by atoms with Crippen molar-refractivity contribution in [3.63, 3.8) is 0 Å². The molecule has 0 bridgehead atoms. The van der Waals surface area contributed by atoms with E-state index >= 15 is 0 Å². The molecule has 0 atom stereocenters. The smallest absolute Gasteiger partial charge is 0.246 e. The number of hydroxylamine groups is 1. The van der Waals surface area contributed by atoms with E-state index in [9.17, 15) is 4.79 Å². The SMILES string of the molecule is O=C(NO)C1CCC2(CCOO2)CC1. The zero-order valence-corrected chi connectivity index (χ0v) is 7.99. The molecule has 2 fully saturated rings. The molecule has 0 aromatic heterocycles. The van der Waals surface area contributed by atoms with Gasteiger partial charge >= 0.3 is 0 Å². The van der Waals surface area contributed by atoms with Gasteiger partial charge in [-0.2, -0.15) is 0 Å². The summed E-state index contributed by atoms with van der Waals surface area (Å²) in [5.74, 6) is -0.353. The van der Waals surface area contributed by atoms with Crippen LogP contribution in [0.1, 0.15) is 32.1 Å². The second kappa shape index (κ2) is 3.84. The van der Waals surface area contributed by atoms with E-state index < -0.39 is 0 Å². The summed E-state index contributed by atoms with van der Waals surface area (Å²) in [4.78, 5) is 21.3. The third-order valence-corrected chi connectivity index (χ3v) is 3.25. The van der Waals surface area contributed by atoms with Gasteiger partial charge in [0.1, 0.15) is 5.60 Å². The molecular formula is C9H15NO4. The standard InChI is InChI=1S/C9H15NO4/c11-8(10-12)7-1-3-9(4-2-7)5-6-13-14-9/h7,12H,1-6H2,(H,10,11). The first kappa shape index (κ1) is 9.89. The molecule has 0 aromatic carbocycles. The van der Waals surface area contributed by atoms with Gasteiger partial charge in [-0.1, -0.05) is 0 Å². The lowest BCUT2D eigenvalue weighted by molar-refractivity contribution is -0.315. The Labute approximate surface area is 82.3 Å². The Morgan fingerprint density at radius 3 is 2.57 bits per heavy atom. The highest BCUT2D eigenvalue weighted by atomic mass is 17.2. The van der Waals surface area contributed by atoms with Crippen molar-refractivity contribution in [2.24, 2.45) is 5.92 Å². The lowest BCUT2D eigenvalue weighted by atomic mass is 9.77. The molecule has 2 N–H and O–H groups in total. The fraction of sp³-hybridized carbons (Fsp3) is 0.889. The quantitative estimate of drug-likeness (QED) is 0.373. The van der Waals surface area contributed by atoms with Crippen molar-refractivity contribution in [1.29, 1.82) is 0 Å². The molecule has 1 amide bonds. The van der Waals surface area contributed by atoms with Crippen LogP contribution in [0.3, 0.4) is 0 Å². The van der Waals surface area contributed by atoms with Crippen LogP contribution in [-0.2, 0) is 14.6 Å². The summed E-state index contributed by atoms with van der Waals surface area (Å²) >= 11 is 0. The lowest BCUT2D eigenvalue weighted by Gasteiger charge is -2.33. The second-order valence-electron chi connectivity index (χ2n) is 4.09. The highest BCUT2D eigenvalue weighted by Crippen LogP contribution is 2.40. The van der Waals surface area contributed by atoms with Crippen molar-refractivity contribution in [2.75, 3.05) is 6.61 Å². The van der Waals surface area contributed by atoms with Crippen LogP contribution in [0, 0.1) is 5.92 Å². The molecule has 2 rings (SSSR count). The minimum Gasteiger partial charge on any atom is -0.289 e. The van der Waals surface area contributed by atoms with Crippen LogP contribution in [0.25, 0.3) is 0 Å². The average Bonchev–Trinajstić information content (AvgIpc) is 2.67. The van der Waals surface area contributed by atoms with Crippen LogP contribution in [0.5, 0.6) is 0 Å². The second-order valence-corrected chi connectivity index (χ2v) is 4.09. The lowest BCUT2D eigenvalue weighted by Crippen LogP contribution is -2.38. The van der Waals surface area contributed by atoms with Gasteiger partial charge in [-0.3, -0.25) is 10.0 Å². The molecule has 2 aliphatic rings. The minimum atomic E-state index is -0.279. The van der Waals surface area contributed by atoms with Crippen LogP contribution in [0.4, 0.5) is 0 Å². The first-order valence-electron chi connectivity index (χ1n) is 5.00. The highest BCUT2D eigenvalue weighted by molar-refractivity contribution is 5.77. The predicted octanol–water partition coefficient (Wildman–Crippen LogP) is 0.773. The van der Waals surface area contributed by atoms with Gasteiger partial charge in [-0.25, -0.2) is 15.3 Å². The van der Waals surface area contributed by atoms with Crippen LogP contribution < -0.4 is 5.48 Å². The van der Waals surface area contributed by atoms with Gasteiger partial charge in [0, 0.05) is 12.3 Å². The van der Waals surface area contributed by atoms with Crippen molar-refractivity contribution in [2.45, 2.75) is 37.7 Å². The van der Waals surface area contributed by atoms with Gasteiger partial charge in [-0.05, 0) is 25.7 Å². The van der Waals surface area contributed by atoms with Gasteiger partial charge < -0.3 is 0 Å². The van der Waals surface area contributed by atoms with Crippen molar-refractivity contribution in [3.8, 4) is 0 Å². The first-order valence-corrected chi connectivity index (χ1v) is 5.00. The number of amides is 1. The Balaban J connectivity index is 1.88. The summed E-state index contributed by atoms with van der Waals surface area (Å²) in [6.07, 6.45) is 4.11. The third-order valence-electron chi connectivity index (χ3n) is 3.25. The molecule has 0 radical (unpaired) electrons. The summed E-state index contributed by atoms with van der Waals surface area (Å²) in [7, 11) is 0. The monoisotopic (exact) mass is 201 g/mol. The summed E-state index contributed by atoms with van der Waals surface area (Å²) in [6.45, 7) is 0.650. The number of rotatable bonds is 1. The fourth-order valence-electron chi connectivity index (χ4n) is 2.27. The van der Waals surface area contributed by atoms with E-state index in [1.807, 2.05) is 0 Å². The van der Waals surface area contributed by atoms with Gasteiger partial charge in [0.25, 0.3) is 0 Å². The zero-order valence-electron chi connectivity index (χ0n) is 7.99. The van der Waals surface area contributed by atoms with E-state index in [-0.39, 0.29) is 17.4 Å². The number of carbonyl (C=O) groups excluding carboxylic acids is 1. The van der Waals surface area contributed by atoms with Crippen LogP contribution in [0.15, 0.2) is 0 Å². The maximum Gasteiger partial charge on any atom is 0.246 e. The van der Waals surface area contributed by atoms with E-state index in [0.29, 0.717) is 6.61 Å². The minimum absolute atomic E-state index is 0.0742. The van der Waals surface area contributed by atoms with Crippen molar-refractivity contribution in [3.05, 3.63) is 0 Å². The number of carbonyl (C=O) groups is 1. The number of hydrogen-bond acceptors (Lipinski definition) is 4. The van der Waals surface area contributed by atoms with Gasteiger partial charge in [0.05, 0.1) is 6.61 Å². The predicted molar refractivity (Wildman–Crippen MR) is 46.3 cm³/mol. The van der Waals surface area contributed by atoms with Gasteiger partial charge in [-0.15, -0.1) is 0 Å². The molecule has 80 valence electrons. The first-order chi connectivity index (χ1) is 6.76. The maximum atomic E-state index is 11.1. The summed E-state index contributed by atoms with van der Waals surface area (Å²) in [5.41, 5.74) is 1.56. The number of hydrogen-bond donors (Lipinski definition) is 2. The molecule has 5 nitrogen and oxygen atoms in total. The van der Waals surface area contributed by atoms with E-state index in [0.717, 1.165) is 32.1 Å². The third kappa shape index (κ3) is 1.75. The fourth-order valence-corrected chi connectivity index (χ4v) is 2.27. The van der Waals surface area contributed by atoms with E-state index in [2.05, 4.69) is 0 Å². The molecule has 1 heterocycles. The summed E-state index contributed by atoms with van der Waals surface area (Å²) < 4.78 is 0. The molecule has 1 saturated heterocycles. The summed E-state index contributed by atoms with van der Waals surface area (Å²) in [5, 5.41) is 8.49. The molecular weight excluding hydrogens is 186 g/mol. The van der Waals surface area contributed by atoms with Gasteiger partial charge in [0.15, 0.2) is 0 Å². The Morgan fingerprint density at radius 1 is 1.36 bits per heavy atom. The maximum absolute atomic E-state index is 11.1. The van der Waals surface area contributed by atoms with Crippen molar-refractivity contribution >= 4 is 5.91 Å². The Morgan fingerprint density at radius 2 is 2.07 bits per heavy atom. The molecule has 0 unspecified atom stereocenters. The molecule has 14 heavy (non-hydrogen) atoms. The van der Waals surface area contributed by atoms with E-state index in [4.69, 9.17) is 15.0 Å². The molecule has 1 spiro atoms. The van der Waals surface area contributed by atoms with Crippen molar-refractivity contribution in [1.82, 2.24) is 5.48 Å². The molecule has 0 aromatic rings. The number of nitrogens with one attached hydrogen (secondary N) is 1. The van der Waals surface area contributed by atoms with Crippen LogP contribution in [-0.4, -0.2) is 23.3 Å². The highest BCUT2D eigenvalue weighted by Gasteiger charge is 2.42. The van der Waals surface area contributed by atoms with Crippen LogP contribution in [0.2, 0.25) is 0 Å². The van der Waals surface area contributed by atoms with Crippen LogP contribution >= 0.6 is 0 Å². The Hall–Kier alpha value is -0.650. The van der Waals surface area contributed by atoms with E-state index in [1.54, 1.807) is 5.48 Å². The average molecular weight is 201 g/mol. The molecule has 1 aliphatic heterocycles. The Kier molecular flexibility index (Phi) is 2.71. The largest absolute Gasteiger partial charge is 0.289 e. The van der Waals surface area contributed by atoms with Crippen molar-refractivity contribution < 1.29 is 19.8 Å². The summed E-state index contributed by atoms with van der Waals surface area (Å²) in [6, 6.07) is 0. The molecule has 5 heteroatoms. The van der Waals surface area contributed by atoms with E-state index in [1.165, 1.54) is 0 Å². The Bertz CT molecular complexity index is 215. The molecule has 1 aliphatic carbocycles. The van der Waals surface area contributed by atoms with Gasteiger partial charge in [0.2, 0.25) is 5.91 Å². The zero-order chi connectivity index (χ0) is 10.0. The topological polar surface area (TPSA) is 67.8 Å². The normalized spacial score (nSPS) is 37.4.